The minimum Gasteiger partial charge on any atom is -0.462 e. The number of oxime groups is 1. The number of barbiturate groups is 1. The number of carbonyl (C=O) groups is 4. The number of nitrogens with one attached hydrogen (secondary N) is 1. The van der Waals surface area contributed by atoms with Crippen LogP contribution in [0.5, 0.6) is 5.75 Å². The summed E-state index contributed by atoms with van der Waals surface area (Å²) in [5, 5.41) is 5.76. The van der Waals surface area contributed by atoms with Gasteiger partial charge in [-0.15, -0.1) is 0 Å². The average Bonchev–Trinajstić information content (AvgIpc) is 2.71. The molecule has 168 valence electrons. The molecule has 1 aliphatic heterocycles. The van der Waals surface area contributed by atoms with Crippen molar-refractivity contribution in [2.45, 2.75) is 32.9 Å². The van der Waals surface area contributed by atoms with Crippen molar-refractivity contribution in [1.29, 1.82) is 0 Å². The number of esters is 1. The molecule has 0 radical (unpaired) electrons. The zero-order valence-corrected chi connectivity index (χ0v) is 18.5. The summed E-state index contributed by atoms with van der Waals surface area (Å²) in [5.74, 6) is -2.73. The van der Waals surface area contributed by atoms with Crippen molar-refractivity contribution >= 4 is 37.3 Å². The number of hydrogen-bond donors (Lipinski definition) is 1. The van der Waals surface area contributed by atoms with Crippen LogP contribution in [0.3, 0.4) is 0 Å². The van der Waals surface area contributed by atoms with Crippen molar-refractivity contribution in [3.8, 4) is 5.75 Å². The first-order valence-electron chi connectivity index (χ1n) is 9.15. The lowest BCUT2D eigenvalue weighted by Gasteiger charge is -2.28. The fourth-order valence-corrected chi connectivity index (χ4v) is 3.59. The molecule has 0 aromatic heterocycles. The third-order valence-corrected chi connectivity index (χ3v) is 5.31. The zero-order valence-electron chi connectivity index (χ0n) is 17.6. The van der Waals surface area contributed by atoms with Gasteiger partial charge in [-0.1, -0.05) is 23.4 Å². The van der Waals surface area contributed by atoms with E-state index in [9.17, 15) is 23.7 Å². The maximum Gasteiger partial charge on any atom is 0.533 e. The molecule has 2 atom stereocenters. The fourth-order valence-electron chi connectivity index (χ4n) is 2.29. The molecule has 0 saturated carbocycles. The number of hydrogen-bond acceptors (Lipinski definition) is 9. The van der Waals surface area contributed by atoms with Crippen LogP contribution in [0.25, 0.3) is 0 Å². The Morgan fingerprint density at radius 3 is 2.10 bits per heavy atom. The second-order valence-corrected chi connectivity index (χ2v) is 8.37. The second-order valence-electron chi connectivity index (χ2n) is 6.77. The Morgan fingerprint density at radius 2 is 1.58 bits per heavy atom. The number of imide groups is 2. The average molecular weight is 454 g/mol. The van der Waals surface area contributed by atoms with E-state index in [2.05, 4.69) is 10.2 Å². The third-order valence-electron chi connectivity index (χ3n) is 3.85. The van der Waals surface area contributed by atoms with Gasteiger partial charge in [0.1, 0.15) is 11.8 Å². The first kappa shape index (κ1) is 24.0. The van der Waals surface area contributed by atoms with Gasteiger partial charge in [0.2, 0.25) is 5.71 Å². The summed E-state index contributed by atoms with van der Waals surface area (Å²) in [7, 11) is -2.15. The van der Waals surface area contributed by atoms with Crippen LogP contribution in [0.1, 0.15) is 20.8 Å². The topological polar surface area (TPSA) is 144 Å². The molecule has 31 heavy (non-hydrogen) atoms. The van der Waals surface area contributed by atoms with E-state index < -0.39 is 49.4 Å². The van der Waals surface area contributed by atoms with Crippen LogP contribution in [0, 0.1) is 0 Å². The van der Waals surface area contributed by atoms with Crippen LogP contribution in [-0.2, 0) is 28.3 Å². The number of benzene rings is 1. The minimum absolute atomic E-state index is 0.105. The van der Waals surface area contributed by atoms with Crippen LogP contribution in [0.2, 0.25) is 0 Å². The molecule has 0 aliphatic carbocycles. The van der Waals surface area contributed by atoms with Crippen molar-refractivity contribution in [2.75, 3.05) is 14.1 Å². The van der Waals surface area contributed by atoms with E-state index in [4.69, 9.17) is 13.9 Å². The van der Waals surface area contributed by atoms with Crippen molar-refractivity contribution in [3.63, 3.8) is 0 Å². The Labute approximate surface area is 178 Å². The van der Waals surface area contributed by atoms with Gasteiger partial charge in [0.05, 0.1) is 6.10 Å². The van der Waals surface area contributed by atoms with Crippen LogP contribution in [0.4, 0.5) is 4.79 Å². The van der Waals surface area contributed by atoms with E-state index in [0.29, 0.717) is 9.80 Å². The second kappa shape index (κ2) is 9.71. The Morgan fingerprint density at radius 1 is 1.03 bits per heavy atom. The van der Waals surface area contributed by atoms with Gasteiger partial charge in [0.15, 0.2) is 0 Å². The van der Waals surface area contributed by atoms with Crippen molar-refractivity contribution in [3.05, 3.63) is 30.3 Å². The maximum atomic E-state index is 13.3. The summed E-state index contributed by atoms with van der Waals surface area (Å²) in [5.41, 5.74) is -0.791. The lowest BCUT2D eigenvalue weighted by Crippen LogP contribution is -2.57. The van der Waals surface area contributed by atoms with Crippen molar-refractivity contribution in [2.24, 2.45) is 5.16 Å². The van der Waals surface area contributed by atoms with Gasteiger partial charge in [0, 0.05) is 14.1 Å². The summed E-state index contributed by atoms with van der Waals surface area (Å²) in [6, 6.07) is 5.83. The van der Waals surface area contributed by atoms with Crippen LogP contribution >= 0.6 is 7.75 Å². The standard InChI is InChI=1S/C18H23N4O8P/c1-11(2)28-17(25)12(3)20-31(27,29-13-9-7-6-8-10-13)30-19-14-15(23)21(4)18(26)22(5)16(14)24/h6-12H,1-5H3,(H,20,27)/t12-,31?/m0/s1. The van der Waals surface area contributed by atoms with Gasteiger partial charge in [-0.25, -0.2) is 9.36 Å². The number of ether oxygens (including phenoxy) is 1. The summed E-state index contributed by atoms with van der Waals surface area (Å²) in [6.07, 6.45) is -0.423. The van der Waals surface area contributed by atoms with Crippen LogP contribution in [0.15, 0.2) is 35.5 Å². The molecule has 1 aromatic carbocycles. The number of para-hydroxylation sites is 1. The predicted octanol–water partition coefficient (Wildman–Crippen LogP) is 1.53. The van der Waals surface area contributed by atoms with E-state index in [1.165, 1.54) is 19.1 Å². The highest BCUT2D eigenvalue weighted by Gasteiger charge is 2.42. The smallest absolute Gasteiger partial charge is 0.462 e. The summed E-state index contributed by atoms with van der Waals surface area (Å²) in [4.78, 5) is 49.7. The predicted molar refractivity (Wildman–Crippen MR) is 108 cm³/mol. The van der Waals surface area contributed by atoms with Crippen molar-refractivity contribution in [1.82, 2.24) is 14.9 Å². The Balaban J connectivity index is 2.32. The maximum absolute atomic E-state index is 13.3. The molecule has 0 bridgehead atoms. The number of rotatable bonds is 8. The Bertz CT molecular complexity index is 923. The molecule has 12 nitrogen and oxygen atoms in total. The van der Waals surface area contributed by atoms with Gasteiger partial charge in [0.25, 0.3) is 11.8 Å². The van der Waals surface area contributed by atoms with Gasteiger partial charge < -0.3 is 9.26 Å². The summed E-state index contributed by atoms with van der Waals surface area (Å²) in [6.45, 7) is 4.64. The highest BCUT2D eigenvalue weighted by atomic mass is 31.2. The summed E-state index contributed by atoms with van der Waals surface area (Å²) >= 11 is 0. The Kier molecular flexibility index (Phi) is 7.53. The van der Waals surface area contributed by atoms with Crippen molar-refractivity contribution < 1.29 is 37.6 Å². The number of amides is 4. The quantitative estimate of drug-likeness (QED) is 0.351. The van der Waals surface area contributed by atoms with Crippen LogP contribution in [-0.4, -0.2) is 65.6 Å². The van der Waals surface area contributed by atoms with E-state index in [0.717, 1.165) is 14.1 Å². The van der Waals surface area contributed by atoms with E-state index in [1.54, 1.807) is 32.0 Å². The summed E-state index contributed by atoms with van der Waals surface area (Å²) < 4.78 is 28.6. The molecule has 1 heterocycles. The lowest BCUT2D eigenvalue weighted by atomic mass is 10.2. The van der Waals surface area contributed by atoms with Crippen LogP contribution < -0.4 is 9.61 Å². The van der Waals surface area contributed by atoms with Gasteiger partial charge in [-0.3, -0.25) is 28.8 Å². The molecule has 1 aliphatic rings. The first-order valence-corrected chi connectivity index (χ1v) is 10.7. The van der Waals surface area contributed by atoms with E-state index >= 15 is 0 Å². The minimum atomic E-state index is -4.43. The van der Waals surface area contributed by atoms with Gasteiger partial charge >= 0.3 is 19.7 Å². The van der Waals surface area contributed by atoms with E-state index in [-0.39, 0.29) is 5.75 Å². The SMILES string of the molecule is CC(C)OC(=O)[C@H](C)NP(=O)(ON=C1C(=O)N(C)C(=O)N(C)C1=O)Oc1ccccc1. The molecule has 1 unspecified atom stereocenters. The molecule has 1 N–H and O–H groups in total. The van der Waals surface area contributed by atoms with E-state index in [1.807, 2.05) is 0 Å². The normalized spacial score (nSPS) is 17.4. The zero-order chi connectivity index (χ0) is 23.3. The molecule has 1 saturated heterocycles. The molecule has 2 rings (SSSR count). The largest absolute Gasteiger partial charge is 0.533 e. The highest BCUT2D eigenvalue weighted by molar-refractivity contribution is 7.52. The molecule has 13 heteroatoms. The van der Waals surface area contributed by atoms with Gasteiger partial charge in [-0.05, 0) is 32.9 Å². The monoisotopic (exact) mass is 454 g/mol. The molecular formula is C18H23N4O8P. The highest BCUT2D eigenvalue weighted by Crippen LogP contribution is 2.45. The number of carbonyl (C=O) groups excluding carboxylic acids is 4. The first-order chi connectivity index (χ1) is 14.4. The third kappa shape index (κ3) is 5.89. The Hall–Kier alpha value is -3.24. The number of urea groups is 1. The number of nitrogens with zero attached hydrogens (tertiary/aromatic N) is 3. The molecule has 1 aromatic rings. The lowest BCUT2D eigenvalue weighted by molar-refractivity contribution is -0.149. The molecule has 4 amide bonds. The molecular weight excluding hydrogens is 431 g/mol. The van der Waals surface area contributed by atoms with Gasteiger partial charge in [-0.2, -0.15) is 5.09 Å². The molecule has 1 fully saturated rings. The molecule has 0 spiro atoms. The fraction of sp³-hybridized carbons (Fsp3) is 0.389.